The van der Waals surface area contributed by atoms with Crippen LogP contribution in [-0.4, -0.2) is 32.6 Å². The molecule has 0 aliphatic carbocycles. The molecular formula is C12H15N5O. The van der Waals surface area contributed by atoms with Gasteiger partial charge in [0.15, 0.2) is 5.69 Å². The molecular weight excluding hydrogens is 230 g/mol. The third-order valence-corrected chi connectivity index (χ3v) is 2.57. The Morgan fingerprint density at radius 3 is 2.94 bits per heavy atom. The molecule has 94 valence electrons. The summed E-state index contributed by atoms with van der Waals surface area (Å²) < 4.78 is 1.70. The van der Waals surface area contributed by atoms with Gasteiger partial charge in [-0.15, -0.1) is 0 Å². The van der Waals surface area contributed by atoms with E-state index in [4.69, 9.17) is 5.73 Å². The average Bonchev–Trinajstić information content (AvgIpc) is 2.74. The van der Waals surface area contributed by atoms with Crippen molar-refractivity contribution in [2.45, 2.75) is 6.54 Å². The fourth-order valence-corrected chi connectivity index (χ4v) is 1.68. The van der Waals surface area contributed by atoms with E-state index in [9.17, 15) is 4.79 Å². The minimum absolute atomic E-state index is 0.197. The Bertz CT molecular complexity index is 563. The number of aromatic nitrogens is 3. The van der Waals surface area contributed by atoms with Gasteiger partial charge in [0.05, 0.1) is 11.9 Å². The predicted octanol–water partition coefficient (Wildman–Crippen LogP) is 0.670. The van der Waals surface area contributed by atoms with Crippen LogP contribution in [0.15, 0.2) is 30.7 Å². The highest BCUT2D eigenvalue weighted by Gasteiger charge is 2.16. The lowest BCUT2D eigenvalue weighted by atomic mass is 10.2. The fourth-order valence-electron chi connectivity index (χ4n) is 1.68. The maximum Gasteiger partial charge on any atom is 0.274 e. The molecule has 0 bridgehead atoms. The number of amides is 1. The Morgan fingerprint density at radius 1 is 1.56 bits per heavy atom. The maximum atomic E-state index is 12.1. The van der Waals surface area contributed by atoms with E-state index in [2.05, 4.69) is 10.1 Å². The number of rotatable bonds is 3. The van der Waals surface area contributed by atoms with E-state index < -0.39 is 0 Å². The van der Waals surface area contributed by atoms with Gasteiger partial charge < -0.3 is 10.6 Å². The summed E-state index contributed by atoms with van der Waals surface area (Å²) in [6, 6.07) is 3.37. The van der Waals surface area contributed by atoms with Crippen LogP contribution in [0, 0.1) is 0 Å². The van der Waals surface area contributed by atoms with Gasteiger partial charge in [-0.3, -0.25) is 9.48 Å². The van der Waals surface area contributed by atoms with Crippen molar-refractivity contribution in [3.8, 4) is 0 Å². The highest BCUT2D eigenvalue weighted by atomic mass is 16.2. The molecule has 0 atom stereocenters. The molecule has 0 radical (unpaired) electrons. The Kier molecular flexibility index (Phi) is 3.27. The Balaban J connectivity index is 2.12. The van der Waals surface area contributed by atoms with Crippen LogP contribution in [0.2, 0.25) is 0 Å². The second kappa shape index (κ2) is 4.87. The van der Waals surface area contributed by atoms with Gasteiger partial charge in [-0.1, -0.05) is 0 Å². The van der Waals surface area contributed by atoms with Gasteiger partial charge in [0.2, 0.25) is 0 Å². The molecule has 2 heterocycles. The van der Waals surface area contributed by atoms with E-state index in [0.29, 0.717) is 12.2 Å². The number of aryl methyl sites for hydroxylation is 1. The monoisotopic (exact) mass is 245 g/mol. The lowest BCUT2D eigenvalue weighted by molar-refractivity contribution is 0.0780. The third kappa shape index (κ3) is 2.48. The van der Waals surface area contributed by atoms with Gasteiger partial charge in [-0.2, -0.15) is 5.10 Å². The van der Waals surface area contributed by atoms with Crippen LogP contribution in [0.5, 0.6) is 0 Å². The van der Waals surface area contributed by atoms with Crippen LogP contribution in [0.1, 0.15) is 16.1 Å². The molecule has 6 heteroatoms. The summed E-state index contributed by atoms with van der Waals surface area (Å²) in [5.41, 5.74) is 7.36. The van der Waals surface area contributed by atoms with E-state index in [1.54, 1.807) is 41.2 Å². The van der Waals surface area contributed by atoms with Gasteiger partial charge in [-0.05, 0) is 12.1 Å². The number of hydrogen-bond acceptors (Lipinski definition) is 4. The first-order chi connectivity index (χ1) is 8.58. The molecule has 0 saturated carbocycles. The number of hydrogen-bond donors (Lipinski definition) is 1. The summed E-state index contributed by atoms with van der Waals surface area (Å²) in [4.78, 5) is 17.7. The van der Waals surface area contributed by atoms with E-state index >= 15 is 0 Å². The fraction of sp³-hybridized carbons (Fsp3) is 0.250. The average molecular weight is 245 g/mol. The minimum Gasteiger partial charge on any atom is -0.397 e. The molecule has 0 aliphatic heterocycles. The molecule has 2 aromatic rings. The maximum absolute atomic E-state index is 12.1. The van der Waals surface area contributed by atoms with Crippen molar-refractivity contribution in [2.75, 3.05) is 12.8 Å². The highest BCUT2D eigenvalue weighted by molar-refractivity contribution is 5.96. The molecule has 0 fully saturated rings. The summed E-state index contributed by atoms with van der Waals surface area (Å²) in [7, 11) is 3.55. The Labute approximate surface area is 105 Å². The van der Waals surface area contributed by atoms with Crippen LogP contribution in [0.4, 0.5) is 5.69 Å². The van der Waals surface area contributed by atoms with Crippen molar-refractivity contribution in [1.29, 1.82) is 0 Å². The van der Waals surface area contributed by atoms with E-state index in [0.717, 1.165) is 5.56 Å². The lowest BCUT2D eigenvalue weighted by Crippen LogP contribution is -2.27. The first-order valence-corrected chi connectivity index (χ1v) is 5.51. The zero-order valence-electron chi connectivity index (χ0n) is 10.4. The summed E-state index contributed by atoms with van der Waals surface area (Å²) in [5, 5.41) is 4.06. The zero-order valence-corrected chi connectivity index (χ0v) is 10.4. The molecule has 0 spiro atoms. The number of carbonyl (C=O) groups excluding carboxylic acids is 1. The molecule has 18 heavy (non-hydrogen) atoms. The van der Waals surface area contributed by atoms with E-state index in [-0.39, 0.29) is 11.6 Å². The molecule has 0 unspecified atom stereocenters. The van der Waals surface area contributed by atoms with Gasteiger partial charge >= 0.3 is 0 Å². The number of nitrogens with two attached hydrogens (primary N) is 1. The number of nitrogens with zero attached hydrogens (tertiary/aromatic N) is 4. The largest absolute Gasteiger partial charge is 0.397 e. The van der Waals surface area contributed by atoms with Crippen LogP contribution >= 0.6 is 0 Å². The zero-order chi connectivity index (χ0) is 13.1. The second-order valence-corrected chi connectivity index (χ2v) is 4.12. The smallest absolute Gasteiger partial charge is 0.274 e. The molecule has 2 rings (SSSR count). The van der Waals surface area contributed by atoms with Gasteiger partial charge in [0.25, 0.3) is 5.91 Å². The second-order valence-electron chi connectivity index (χ2n) is 4.12. The first-order valence-electron chi connectivity index (χ1n) is 5.51. The molecule has 0 aromatic carbocycles. The Hall–Kier alpha value is -2.37. The summed E-state index contributed by atoms with van der Waals surface area (Å²) in [6.07, 6.45) is 5.15. The van der Waals surface area contributed by atoms with Crippen molar-refractivity contribution in [2.24, 2.45) is 7.05 Å². The molecule has 2 aromatic heterocycles. The number of pyridine rings is 1. The van der Waals surface area contributed by atoms with E-state index in [1.165, 1.54) is 0 Å². The molecule has 2 N–H and O–H groups in total. The quantitative estimate of drug-likeness (QED) is 0.862. The van der Waals surface area contributed by atoms with Crippen LogP contribution in [0.3, 0.4) is 0 Å². The normalized spacial score (nSPS) is 10.3. The standard InChI is InChI=1S/C12H15N5O/c1-16(7-9-6-15-17(2)8-9)12(18)11-10(13)4-3-5-14-11/h3-6,8H,7,13H2,1-2H3. The third-order valence-electron chi connectivity index (χ3n) is 2.57. The number of carbonyl (C=O) groups is 1. The molecule has 6 nitrogen and oxygen atoms in total. The summed E-state index contributed by atoms with van der Waals surface area (Å²) in [6.45, 7) is 0.475. The predicted molar refractivity (Wildman–Crippen MR) is 67.7 cm³/mol. The van der Waals surface area contributed by atoms with E-state index in [1.807, 2.05) is 13.2 Å². The minimum atomic E-state index is -0.197. The SMILES string of the molecule is CN(Cc1cnn(C)c1)C(=O)c1ncccc1N. The first kappa shape index (κ1) is 12.1. The van der Waals surface area contributed by atoms with Crippen LogP contribution < -0.4 is 5.73 Å². The molecule has 1 amide bonds. The van der Waals surface area contributed by atoms with Gasteiger partial charge in [-0.25, -0.2) is 4.98 Å². The lowest BCUT2D eigenvalue weighted by Gasteiger charge is -2.16. The summed E-state index contributed by atoms with van der Waals surface area (Å²) in [5.74, 6) is -0.197. The molecule has 0 aliphatic rings. The van der Waals surface area contributed by atoms with Crippen molar-refractivity contribution in [3.63, 3.8) is 0 Å². The highest BCUT2D eigenvalue weighted by Crippen LogP contribution is 2.11. The van der Waals surface area contributed by atoms with Crippen molar-refractivity contribution in [1.82, 2.24) is 19.7 Å². The van der Waals surface area contributed by atoms with Gasteiger partial charge in [0, 0.05) is 38.6 Å². The number of anilines is 1. The van der Waals surface area contributed by atoms with Crippen molar-refractivity contribution >= 4 is 11.6 Å². The molecule has 0 saturated heterocycles. The van der Waals surface area contributed by atoms with Gasteiger partial charge in [0.1, 0.15) is 0 Å². The van der Waals surface area contributed by atoms with Crippen molar-refractivity contribution in [3.05, 3.63) is 42.0 Å². The topological polar surface area (TPSA) is 77.0 Å². The van der Waals surface area contributed by atoms with Crippen LogP contribution in [-0.2, 0) is 13.6 Å². The van der Waals surface area contributed by atoms with Crippen molar-refractivity contribution < 1.29 is 4.79 Å². The number of nitrogen functional groups attached to an aromatic ring is 1. The van der Waals surface area contributed by atoms with Crippen LogP contribution in [0.25, 0.3) is 0 Å². The summed E-state index contributed by atoms with van der Waals surface area (Å²) >= 11 is 0. The Morgan fingerprint density at radius 2 is 2.33 bits per heavy atom.